The van der Waals surface area contributed by atoms with Gasteiger partial charge >= 0.3 is 0 Å². The summed E-state index contributed by atoms with van der Waals surface area (Å²) in [6, 6.07) is 8.23. The summed E-state index contributed by atoms with van der Waals surface area (Å²) in [5.74, 6) is 9.13. The highest BCUT2D eigenvalue weighted by Crippen LogP contribution is 2.68. The van der Waals surface area contributed by atoms with Crippen molar-refractivity contribution >= 4 is 5.78 Å². The molecule has 0 aliphatic heterocycles. The van der Waals surface area contributed by atoms with E-state index in [9.17, 15) is 15.0 Å². The monoisotopic (exact) mass is 448 g/mol. The lowest BCUT2D eigenvalue weighted by Crippen LogP contribution is -2.56. The Bertz CT molecular complexity index is 970. The molecule has 3 nitrogen and oxygen atoms in total. The second-order valence-electron chi connectivity index (χ2n) is 12.3. The highest BCUT2D eigenvalue weighted by Gasteiger charge is 2.61. The molecule has 1 aromatic rings. The lowest BCUT2D eigenvalue weighted by molar-refractivity contribution is -0.146. The van der Waals surface area contributed by atoms with Crippen molar-refractivity contribution in [3.63, 3.8) is 0 Å². The van der Waals surface area contributed by atoms with E-state index in [0.29, 0.717) is 23.7 Å². The van der Waals surface area contributed by atoms with Crippen LogP contribution in [0.1, 0.15) is 82.8 Å². The number of hydrogen-bond donors (Lipinski definition) is 2. The zero-order chi connectivity index (χ0) is 23.4. The number of aliphatic hydroxyl groups excluding tert-OH is 1. The Balaban J connectivity index is 1.33. The summed E-state index contributed by atoms with van der Waals surface area (Å²) in [6.45, 7) is 6.61. The van der Waals surface area contributed by atoms with Crippen molar-refractivity contribution in [1.29, 1.82) is 0 Å². The van der Waals surface area contributed by atoms with Gasteiger partial charge < -0.3 is 10.2 Å². The largest absolute Gasteiger partial charge is 0.389 e. The molecule has 2 N–H and O–H groups in total. The van der Waals surface area contributed by atoms with Crippen LogP contribution < -0.4 is 0 Å². The summed E-state index contributed by atoms with van der Waals surface area (Å²) in [4.78, 5) is 12.5. The first kappa shape index (κ1) is 23.1. The van der Waals surface area contributed by atoms with Crippen LogP contribution in [0.15, 0.2) is 24.3 Å². The quantitative estimate of drug-likeness (QED) is 0.604. The first-order valence-electron chi connectivity index (χ1n) is 13.1. The van der Waals surface area contributed by atoms with Crippen molar-refractivity contribution in [1.82, 2.24) is 0 Å². The fraction of sp³-hybridized carbons (Fsp3) is 0.700. The van der Waals surface area contributed by atoms with Gasteiger partial charge in [0.25, 0.3) is 0 Å². The Hall–Kier alpha value is -1.63. The molecule has 3 heteroatoms. The maximum Gasteiger partial charge on any atom is 0.161 e. The van der Waals surface area contributed by atoms with E-state index >= 15 is 0 Å². The van der Waals surface area contributed by atoms with E-state index in [1.165, 1.54) is 18.4 Å². The first-order chi connectivity index (χ1) is 15.7. The molecule has 0 bridgehead atoms. The molecule has 178 valence electrons. The fourth-order valence-corrected chi connectivity index (χ4v) is 8.82. The number of rotatable bonds is 2. The third kappa shape index (κ3) is 3.78. The predicted molar refractivity (Wildman–Crippen MR) is 130 cm³/mol. The van der Waals surface area contributed by atoms with Gasteiger partial charge in [-0.2, -0.15) is 0 Å². The number of carbonyl (C=O) groups excluding carboxylic acids is 1. The molecule has 4 aliphatic carbocycles. The minimum atomic E-state index is -0.878. The molecule has 4 saturated carbocycles. The minimum Gasteiger partial charge on any atom is -0.389 e. The molecular weight excluding hydrogens is 408 g/mol. The van der Waals surface area contributed by atoms with Crippen LogP contribution in [0.25, 0.3) is 0 Å². The van der Waals surface area contributed by atoms with Gasteiger partial charge in [0.05, 0.1) is 0 Å². The van der Waals surface area contributed by atoms with Crippen molar-refractivity contribution in [3.05, 3.63) is 35.4 Å². The smallest absolute Gasteiger partial charge is 0.161 e. The first-order valence-corrected chi connectivity index (χ1v) is 13.1. The molecule has 0 saturated heterocycles. The van der Waals surface area contributed by atoms with E-state index in [0.717, 1.165) is 50.5 Å². The van der Waals surface area contributed by atoms with Gasteiger partial charge in [-0.1, -0.05) is 43.4 Å². The predicted octanol–water partition coefficient (Wildman–Crippen LogP) is 5.30. The average molecular weight is 449 g/mol. The van der Waals surface area contributed by atoms with Gasteiger partial charge in [-0.3, -0.25) is 4.79 Å². The van der Waals surface area contributed by atoms with Gasteiger partial charge in [-0.05, 0) is 111 Å². The van der Waals surface area contributed by atoms with Crippen molar-refractivity contribution in [2.45, 2.75) is 84.2 Å². The summed E-state index contributed by atoms with van der Waals surface area (Å²) >= 11 is 0. The number of ketones is 1. The summed E-state index contributed by atoms with van der Waals surface area (Å²) in [5.41, 5.74) is 1.66. The van der Waals surface area contributed by atoms with Gasteiger partial charge in [0, 0.05) is 11.5 Å². The molecule has 4 aliphatic rings. The summed E-state index contributed by atoms with van der Waals surface area (Å²) in [6.07, 6.45) is 9.36. The number of carbonyl (C=O) groups is 1. The average Bonchev–Trinajstić information content (AvgIpc) is 3.16. The standard InChI is InChI=1S/C30H40O3/c1-20-4-6-21(7-5-20)12-15-30(33)17-16-28(2)22(18-30)8-9-23-24-10-11-26(27(32)19-31)29(24,3)14-13-25(23)28/h4-7,22-26,31,33H,8-11,13-14,16-19H2,1-3H3/t22-,23-,24-,25-,26+,28-,29-,30+/m0/s1. The molecule has 1 aromatic carbocycles. The molecule has 8 atom stereocenters. The maximum absolute atomic E-state index is 12.5. The van der Waals surface area contributed by atoms with E-state index in [4.69, 9.17) is 0 Å². The topological polar surface area (TPSA) is 57.5 Å². The SMILES string of the molecule is Cc1ccc(C#C[C@@]2(O)CC[C@@]3(C)[C@@H](CC[C@@H]4[C@@H]3CC[C@]3(C)[C@@H](C(=O)CO)CC[C@@H]43)C2)cc1. The molecule has 33 heavy (non-hydrogen) atoms. The number of hydrogen-bond acceptors (Lipinski definition) is 3. The number of Topliss-reactive ketones (excluding diaryl/α,β-unsaturated/α-hetero) is 1. The van der Waals surface area contributed by atoms with Gasteiger partial charge in [-0.25, -0.2) is 0 Å². The van der Waals surface area contributed by atoms with E-state index in [1.54, 1.807) is 0 Å². The highest BCUT2D eigenvalue weighted by atomic mass is 16.3. The maximum atomic E-state index is 12.5. The Labute approximate surface area is 199 Å². The van der Waals surface area contributed by atoms with E-state index < -0.39 is 5.60 Å². The Kier molecular flexibility index (Phi) is 5.78. The second-order valence-corrected chi connectivity index (χ2v) is 12.3. The number of aryl methyl sites for hydroxylation is 1. The van der Waals surface area contributed by atoms with Crippen LogP contribution in [0.3, 0.4) is 0 Å². The molecule has 5 rings (SSSR count). The summed E-state index contributed by atoms with van der Waals surface area (Å²) in [5, 5.41) is 20.9. The van der Waals surface area contributed by atoms with E-state index in [-0.39, 0.29) is 29.1 Å². The van der Waals surface area contributed by atoms with Crippen LogP contribution in [-0.2, 0) is 4.79 Å². The third-order valence-electron chi connectivity index (χ3n) is 10.8. The van der Waals surface area contributed by atoms with Crippen LogP contribution in [-0.4, -0.2) is 28.2 Å². The van der Waals surface area contributed by atoms with Crippen LogP contribution in [0.4, 0.5) is 0 Å². The van der Waals surface area contributed by atoms with Crippen molar-refractivity contribution < 1.29 is 15.0 Å². The third-order valence-corrected chi connectivity index (χ3v) is 10.8. The van der Waals surface area contributed by atoms with Gasteiger partial charge in [0.15, 0.2) is 5.78 Å². The molecule has 0 amide bonds. The fourth-order valence-electron chi connectivity index (χ4n) is 8.82. The van der Waals surface area contributed by atoms with E-state index in [2.05, 4.69) is 44.7 Å². The molecule has 0 heterocycles. The lowest BCUT2D eigenvalue weighted by Gasteiger charge is -2.61. The summed E-state index contributed by atoms with van der Waals surface area (Å²) in [7, 11) is 0. The zero-order valence-corrected chi connectivity index (χ0v) is 20.6. The van der Waals surface area contributed by atoms with Crippen molar-refractivity contribution in [3.8, 4) is 11.8 Å². The van der Waals surface area contributed by atoms with Crippen molar-refractivity contribution in [2.24, 2.45) is 40.4 Å². The van der Waals surface area contributed by atoms with Gasteiger partial charge in [-0.15, -0.1) is 0 Å². The molecule has 0 spiro atoms. The second kappa shape index (κ2) is 8.24. The molecule has 0 radical (unpaired) electrons. The zero-order valence-electron chi connectivity index (χ0n) is 20.6. The van der Waals surface area contributed by atoms with Crippen LogP contribution in [0, 0.1) is 59.2 Å². The molecule has 4 fully saturated rings. The van der Waals surface area contributed by atoms with Crippen LogP contribution >= 0.6 is 0 Å². The van der Waals surface area contributed by atoms with E-state index in [1.807, 2.05) is 12.1 Å². The molecule has 0 unspecified atom stereocenters. The molecular formula is C30H40O3. The minimum absolute atomic E-state index is 0.0486. The molecule has 0 aromatic heterocycles. The van der Waals surface area contributed by atoms with Crippen molar-refractivity contribution in [2.75, 3.05) is 6.61 Å². The highest BCUT2D eigenvalue weighted by molar-refractivity contribution is 5.83. The lowest BCUT2D eigenvalue weighted by atomic mass is 9.44. The normalized spacial score (nSPS) is 44.1. The van der Waals surface area contributed by atoms with Crippen LogP contribution in [0.5, 0.6) is 0 Å². The number of aliphatic hydroxyl groups is 2. The van der Waals surface area contributed by atoms with Gasteiger partial charge in [0.2, 0.25) is 0 Å². The summed E-state index contributed by atoms with van der Waals surface area (Å²) < 4.78 is 0. The Morgan fingerprint density at radius 3 is 2.42 bits per heavy atom. The Morgan fingerprint density at radius 2 is 1.70 bits per heavy atom. The van der Waals surface area contributed by atoms with Crippen LogP contribution in [0.2, 0.25) is 0 Å². The Morgan fingerprint density at radius 1 is 0.970 bits per heavy atom. The number of benzene rings is 1. The number of fused-ring (bicyclic) bond motifs is 5. The van der Waals surface area contributed by atoms with Gasteiger partial charge in [0.1, 0.15) is 12.2 Å².